The van der Waals surface area contributed by atoms with E-state index in [1.165, 1.54) is 6.20 Å². The monoisotopic (exact) mass is 361 g/mol. The quantitative estimate of drug-likeness (QED) is 0.837. The van der Waals surface area contributed by atoms with Crippen LogP contribution in [0.25, 0.3) is 0 Å². The van der Waals surface area contributed by atoms with Crippen LogP contribution in [0.2, 0.25) is 0 Å². The number of hydrogen-bond acceptors (Lipinski definition) is 4. The summed E-state index contributed by atoms with van der Waals surface area (Å²) < 4.78 is 0. The van der Waals surface area contributed by atoms with E-state index in [1.807, 2.05) is 32.9 Å². The third-order valence-electron chi connectivity index (χ3n) is 3.69. The molecule has 25 heavy (non-hydrogen) atoms. The molecular weight excluding hydrogens is 338 g/mol. The van der Waals surface area contributed by atoms with E-state index in [2.05, 4.69) is 10.3 Å². The van der Waals surface area contributed by atoms with Gasteiger partial charge in [0, 0.05) is 11.2 Å². The SMILES string of the molecule is Cc1cc(C)c(NC(=O)c2cnc(N(C(=O)O)C(C)(C)C)s2)c(C)c1. The standard InChI is InChI=1S/C18H23N3O3S/c1-10-7-11(2)14(12(3)8-10)20-15(22)13-9-19-16(25-13)21(17(23)24)18(4,5)6/h7-9H,1-6H3,(H,20,22)(H,23,24). The highest BCUT2D eigenvalue weighted by Crippen LogP contribution is 2.30. The molecule has 1 aromatic heterocycles. The van der Waals surface area contributed by atoms with Gasteiger partial charge in [-0.15, -0.1) is 0 Å². The van der Waals surface area contributed by atoms with Crippen LogP contribution in [-0.4, -0.2) is 27.6 Å². The molecule has 0 aliphatic rings. The lowest BCUT2D eigenvalue weighted by atomic mass is 10.1. The Morgan fingerprint density at radius 1 is 1.16 bits per heavy atom. The number of carbonyl (C=O) groups excluding carboxylic acids is 1. The van der Waals surface area contributed by atoms with Gasteiger partial charge in [0.15, 0.2) is 5.13 Å². The van der Waals surface area contributed by atoms with E-state index in [0.29, 0.717) is 4.88 Å². The third-order valence-corrected chi connectivity index (χ3v) is 4.67. The summed E-state index contributed by atoms with van der Waals surface area (Å²) in [7, 11) is 0. The van der Waals surface area contributed by atoms with Gasteiger partial charge in [-0.1, -0.05) is 29.0 Å². The Morgan fingerprint density at radius 3 is 2.20 bits per heavy atom. The van der Waals surface area contributed by atoms with Crippen molar-refractivity contribution in [3.8, 4) is 0 Å². The molecule has 0 aliphatic carbocycles. The molecule has 0 atom stereocenters. The van der Waals surface area contributed by atoms with Crippen LogP contribution >= 0.6 is 11.3 Å². The number of carbonyl (C=O) groups is 2. The maximum absolute atomic E-state index is 12.6. The van der Waals surface area contributed by atoms with Crippen molar-refractivity contribution in [2.75, 3.05) is 10.2 Å². The highest BCUT2D eigenvalue weighted by molar-refractivity contribution is 7.17. The topological polar surface area (TPSA) is 82.5 Å². The summed E-state index contributed by atoms with van der Waals surface area (Å²) in [6.45, 7) is 11.2. The van der Waals surface area contributed by atoms with E-state index in [9.17, 15) is 14.7 Å². The predicted molar refractivity (Wildman–Crippen MR) is 101 cm³/mol. The fourth-order valence-corrected chi connectivity index (χ4v) is 3.68. The van der Waals surface area contributed by atoms with Crippen LogP contribution in [0.4, 0.5) is 15.6 Å². The van der Waals surface area contributed by atoms with Crippen molar-refractivity contribution in [3.63, 3.8) is 0 Å². The number of aryl methyl sites for hydroxylation is 3. The number of carboxylic acid groups (broad SMARTS) is 1. The lowest BCUT2D eigenvalue weighted by Crippen LogP contribution is -2.45. The number of nitrogens with zero attached hydrogens (tertiary/aromatic N) is 2. The molecule has 0 saturated carbocycles. The largest absolute Gasteiger partial charge is 0.465 e. The Hall–Kier alpha value is -2.41. The van der Waals surface area contributed by atoms with E-state index >= 15 is 0 Å². The number of anilines is 2. The van der Waals surface area contributed by atoms with Crippen molar-refractivity contribution in [1.82, 2.24) is 4.98 Å². The molecule has 7 heteroatoms. The number of nitrogens with one attached hydrogen (secondary N) is 1. The minimum atomic E-state index is -1.10. The Morgan fingerprint density at radius 2 is 1.72 bits per heavy atom. The van der Waals surface area contributed by atoms with Gasteiger partial charge in [-0.3, -0.25) is 4.79 Å². The molecule has 2 amide bonds. The molecule has 0 unspecified atom stereocenters. The Bertz CT molecular complexity index is 798. The molecule has 6 nitrogen and oxygen atoms in total. The van der Waals surface area contributed by atoms with Gasteiger partial charge in [-0.05, 0) is 52.7 Å². The summed E-state index contributed by atoms with van der Waals surface area (Å²) >= 11 is 1.06. The van der Waals surface area contributed by atoms with Gasteiger partial charge < -0.3 is 10.4 Å². The van der Waals surface area contributed by atoms with Crippen molar-refractivity contribution in [2.24, 2.45) is 0 Å². The highest BCUT2D eigenvalue weighted by atomic mass is 32.1. The molecule has 2 N–H and O–H groups in total. The summed E-state index contributed by atoms with van der Waals surface area (Å²) in [5.41, 5.74) is 3.23. The van der Waals surface area contributed by atoms with Crippen molar-refractivity contribution in [3.05, 3.63) is 39.9 Å². The van der Waals surface area contributed by atoms with Gasteiger partial charge in [0.1, 0.15) is 4.88 Å². The molecule has 0 spiro atoms. The summed E-state index contributed by atoms with van der Waals surface area (Å²) in [6, 6.07) is 4.01. The number of amides is 2. The number of thiazole rings is 1. The zero-order valence-corrected chi connectivity index (χ0v) is 16.1. The zero-order valence-electron chi connectivity index (χ0n) is 15.3. The molecule has 0 aliphatic heterocycles. The molecule has 0 bridgehead atoms. The fraction of sp³-hybridized carbons (Fsp3) is 0.389. The van der Waals surface area contributed by atoms with E-state index < -0.39 is 11.6 Å². The highest BCUT2D eigenvalue weighted by Gasteiger charge is 2.31. The van der Waals surface area contributed by atoms with Crippen molar-refractivity contribution < 1.29 is 14.7 Å². The van der Waals surface area contributed by atoms with Crippen LogP contribution in [0.15, 0.2) is 18.3 Å². The fourth-order valence-electron chi connectivity index (χ4n) is 2.68. The summed E-state index contributed by atoms with van der Waals surface area (Å²) in [6.07, 6.45) is 0.314. The molecule has 1 aromatic carbocycles. The summed E-state index contributed by atoms with van der Waals surface area (Å²) in [4.78, 5) is 29.7. The molecule has 0 fully saturated rings. The first-order chi connectivity index (χ1) is 11.5. The second kappa shape index (κ2) is 6.84. The first kappa shape index (κ1) is 18.9. The summed E-state index contributed by atoms with van der Waals surface area (Å²) in [5, 5.41) is 12.6. The van der Waals surface area contributed by atoms with Crippen LogP contribution in [0.1, 0.15) is 47.1 Å². The normalized spacial score (nSPS) is 11.3. The first-order valence-electron chi connectivity index (χ1n) is 7.89. The van der Waals surface area contributed by atoms with Crippen molar-refractivity contribution >= 4 is 34.2 Å². The Balaban J connectivity index is 2.28. The molecule has 1 heterocycles. The average Bonchev–Trinajstić information content (AvgIpc) is 2.89. The minimum Gasteiger partial charge on any atom is -0.465 e. The van der Waals surface area contributed by atoms with Crippen LogP contribution in [0, 0.1) is 20.8 Å². The Kier molecular flexibility index (Phi) is 5.17. The second-order valence-corrected chi connectivity index (χ2v) is 8.03. The molecular formula is C18H23N3O3S. The van der Waals surface area contributed by atoms with Crippen LogP contribution < -0.4 is 10.2 Å². The second-order valence-electron chi connectivity index (χ2n) is 7.02. The van der Waals surface area contributed by atoms with Gasteiger partial charge in [0.25, 0.3) is 5.91 Å². The van der Waals surface area contributed by atoms with Gasteiger partial charge in [0.2, 0.25) is 0 Å². The lowest BCUT2D eigenvalue weighted by molar-refractivity contribution is 0.103. The Labute approximate surface area is 151 Å². The lowest BCUT2D eigenvalue weighted by Gasteiger charge is -2.30. The van der Waals surface area contributed by atoms with Gasteiger partial charge in [-0.25, -0.2) is 14.7 Å². The van der Waals surface area contributed by atoms with Gasteiger partial charge >= 0.3 is 6.09 Å². The van der Waals surface area contributed by atoms with Crippen LogP contribution in [0.5, 0.6) is 0 Å². The van der Waals surface area contributed by atoms with Gasteiger partial charge in [-0.2, -0.15) is 0 Å². The molecule has 134 valence electrons. The molecule has 2 aromatic rings. The third kappa shape index (κ3) is 4.17. The van der Waals surface area contributed by atoms with E-state index in [0.717, 1.165) is 38.6 Å². The number of hydrogen-bond donors (Lipinski definition) is 2. The average molecular weight is 361 g/mol. The van der Waals surface area contributed by atoms with Gasteiger partial charge in [0.05, 0.1) is 6.20 Å². The van der Waals surface area contributed by atoms with E-state index in [1.54, 1.807) is 20.8 Å². The predicted octanol–water partition coefficient (Wildman–Crippen LogP) is 4.60. The minimum absolute atomic E-state index is 0.280. The summed E-state index contributed by atoms with van der Waals surface area (Å²) in [5.74, 6) is -0.293. The van der Waals surface area contributed by atoms with E-state index in [-0.39, 0.29) is 11.0 Å². The number of aromatic nitrogens is 1. The molecule has 0 saturated heterocycles. The van der Waals surface area contributed by atoms with E-state index in [4.69, 9.17) is 0 Å². The van der Waals surface area contributed by atoms with Crippen LogP contribution in [-0.2, 0) is 0 Å². The van der Waals surface area contributed by atoms with Crippen molar-refractivity contribution in [2.45, 2.75) is 47.1 Å². The number of benzene rings is 1. The maximum Gasteiger partial charge on any atom is 0.414 e. The maximum atomic E-state index is 12.6. The molecule has 0 radical (unpaired) electrons. The smallest absolute Gasteiger partial charge is 0.414 e. The van der Waals surface area contributed by atoms with Crippen molar-refractivity contribution in [1.29, 1.82) is 0 Å². The molecule has 2 rings (SSSR count). The number of rotatable bonds is 3. The zero-order chi connectivity index (χ0) is 18.9. The van der Waals surface area contributed by atoms with Crippen LogP contribution in [0.3, 0.4) is 0 Å². The first-order valence-corrected chi connectivity index (χ1v) is 8.70.